The van der Waals surface area contributed by atoms with E-state index in [1.807, 2.05) is 20.8 Å². The molecule has 1 amide bonds. The molecule has 1 rings (SSSR count). The fraction of sp³-hybridized carbons (Fsp3) is 0.308. The van der Waals surface area contributed by atoms with Gasteiger partial charge in [-0.25, -0.2) is 5.43 Å². The van der Waals surface area contributed by atoms with Gasteiger partial charge in [-0.3, -0.25) is 4.79 Å². The van der Waals surface area contributed by atoms with Crippen LogP contribution in [0.4, 0.5) is 0 Å². The zero-order valence-electron chi connectivity index (χ0n) is 10.2. The third kappa shape index (κ3) is 3.72. The van der Waals surface area contributed by atoms with Gasteiger partial charge >= 0.3 is 0 Å². The Hall–Kier alpha value is -2.15. The molecule has 0 aliphatic carbocycles. The van der Waals surface area contributed by atoms with Crippen molar-refractivity contribution in [2.75, 3.05) is 0 Å². The van der Waals surface area contributed by atoms with E-state index < -0.39 is 5.91 Å². The summed E-state index contributed by atoms with van der Waals surface area (Å²) in [5.74, 6) is -0.397. The molecule has 1 aromatic carbocycles. The van der Waals surface area contributed by atoms with Crippen molar-refractivity contribution in [2.45, 2.75) is 27.2 Å². The highest BCUT2D eigenvalue weighted by molar-refractivity contribution is 5.85. The first-order valence-corrected chi connectivity index (χ1v) is 5.31. The number of carbonyl (C=O) groups is 1. The van der Waals surface area contributed by atoms with E-state index in [0.29, 0.717) is 0 Å². The van der Waals surface area contributed by atoms with Crippen LogP contribution in [0.3, 0.4) is 0 Å². The maximum Gasteiger partial charge on any atom is 0.254 e. The number of hydrogen-bond donors (Lipinski definition) is 1. The van der Waals surface area contributed by atoms with Crippen LogP contribution in [-0.2, 0) is 4.79 Å². The lowest BCUT2D eigenvalue weighted by molar-refractivity contribution is -0.120. The van der Waals surface area contributed by atoms with Crippen LogP contribution in [0.1, 0.15) is 28.7 Å². The molecule has 1 N–H and O–H groups in total. The molecule has 0 bridgehead atoms. The van der Waals surface area contributed by atoms with Gasteiger partial charge in [0.15, 0.2) is 0 Å². The minimum atomic E-state index is -0.397. The van der Waals surface area contributed by atoms with Gasteiger partial charge in [0.2, 0.25) is 0 Å². The normalized spacial score (nSPS) is 10.2. The molecule has 0 saturated heterocycles. The van der Waals surface area contributed by atoms with E-state index in [2.05, 4.69) is 22.7 Å². The van der Waals surface area contributed by atoms with E-state index in [1.54, 1.807) is 12.3 Å². The molecule has 0 aliphatic rings. The molecule has 0 aliphatic heterocycles. The summed E-state index contributed by atoms with van der Waals surface area (Å²) in [5.41, 5.74) is 6.73. The number of aryl methyl sites for hydroxylation is 3. The zero-order chi connectivity index (χ0) is 12.8. The Labute approximate surface area is 101 Å². The Bertz CT molecular complexity index is 475. The van der Waals surface area contributed by atoms with Gasteiger partial charge in [0.05, 0.1) is 12.3 Å². The first-order chi connectivity index (χ1) is 8.04. The molecular formula is C13H15N3O. The lowest BCUT2D eigenvalue weighted by Crippen LogP contribution is -2.16. The highest BCUT2D eigenvalue weighted by Gasteiger charge is 2.01. The number of carbonyl (C=O) groups excluding carboxylic acids is 1. The van der Waals surface area contributed by atoms with Gasteiger partial charge in [-0.05, 0) is 31.9 Å². The number of rotatable bonds is 3. The van der Waals surface area contributed by atoms with Crippen molar-refractivity contribution in [1.29, 1.82) is 5.26 Å². The topological polar surface area (TPSA) is 65.2 Å². The number of amides is 1. The number of nitrogens with one attached hydrogen (secondary N) is 1. The molecule has 88 valence electrons. The predicted octanol–water partition coefficient (Wildman–Crippen LogP) is 1.98. The summed E-state index contributed by atoms with van der Waals surface area (Å²) in [5, 5.41) is 12.1. The third-order valence-corrected chi connectivity index (χ3v) is 2.36. The molecule has 0 radical (unpaired) electrons. The average molecular weight is 229 g/mol. The number of hydrazone groups is 1. The predicted molar refractivity (Wildman–Crippen MR) is 66.6 cm³/mol. The summed E-state index contributed by atoms with van der Waals surface area (Å²) < 4.78 is 0. The van der Waals surface area contributed by atoms with Crippen molar-refractivity contribution >= 4 is 12.1 Å². The van der Waals surface area contributed by atoms with Crippen molar-refractivity contribution in [2.24, 2.45) is 5.10 Å². The van der Waals surface area contributed by atoms with Crippen LogP contribution in [0.25, 0.3) is 0 Å². The Morgan fingerprint density at radius 3 is 2.53 bits per heavy atom. The van der Waals surface area contributed by atoms with Crippen LogP contribution in [0.2, 0.25) is 0 Å². The second-order valence-corrected chi connectivity index (χ2v) is 3.94. The lowest BCUT2D eigenvalue weighted by atomic mass is 10.0. The van der Waals surface area contributed by atoms with E-state index in [0.717, 1.165) is 16.7 Å². The molecular weight excluding hydrogens is 214 g/mol. The van der Waals surface area contributed by atoms with Gasteiger partial charge in [0, 0.05) is 5.56 Å². The van der Waals surface area contributed by atoms with Gasteiger partial charge < -0.3 is 0 Å². The monoisotopic (exact) mass is 229 g/mol. The van der Waals surface area contributed by atoms with Crippen LogP contribution in [-0.4, -0.2) is 12.1 Å². The molecule has 0 spiro atoms. The van der Waals surface area contributed by atoms with Gasteiger partial charge in [0.25, 0.3) is 5.91 Å². The van der Waals surface area contributed by atoms with E-state index in [4.69, 9.17) is 5.26 Å². The standard InChI is InChI=1S/C13H15N3O/c1-9-6-10(2)12(11(3)7-9)8-15-16-13(17)4-5-14/h6-8H,4H2,1-3H3,(H,16,17)/b15-8+. The van der Waals surface area contributed by atoms with Crippen molar-refractivity contribution in [3.63, 3.8) is 0 Å². The number of nitrogens with zero attached hydrogens (tertiary/aromatic N) is 2. The Morgan fingerprint density at radius 2 is 2.00 bits per heavy atom. The van der Waals surface area contributed by atoms with E-state index in [1.165, 1.54) is 5.56 Å². The van der Waals surface area contributed by atoms with E-state index in [9.17, 15) is 4.79 Å². The molecule has 1 aromatic rings. The van der Waals surface area contributed by atoms with E-state index in [-0.39, 0.29) is 6.42 Å². The zero-order valence-corrected chi connectivity index (χ0v) is 10.2. The SMILES string of the molecule is Cc1cc(C)c(/C=N/NC(=O)CC#N)c(C)c1. The molecule has 0 saturated carbocycles. The van der Waals surface area contributed by atoms with E-state index >= 15 is 0 Å². The number of benzene rings is 1. The smallest absolute Gasteiger partial charge is 0.254 e. The second kappa shape index (κ2) is 5.80. The van der Waals surface area contributed by atoms with Crippen LogP contribution < -0.4 is 5.43 Å². The van der Waals surface area contributed by atoms with Gasteiger partial charge in [-0.2, -0.15) is 10.4 Å². The number of nitriles is 1. The Balaban J connectivity index is 2.79. The first-order valence-electron chi connectivity index (χ1n) is 5.31. The quantitative estimate of drug-likeness (QED) is 0.636. The lowest BCUT2D eigenvalue weighted by Gasteiger charge is -2.06. The summed E-state index contributed by atoms with van der Waals surface area (Å²) in [6.45, 7) is 6.03. The summed E-state index contributed by atoms with van der Waals surface area (Å²) in [4.78, 5) is 11.0. The molecule has 0 heterocycles. The maximum absolute atomic E-state index is 11.0. The van der Waals surface area contributed by atoms with Crippen LogP contribution in [0.15, 0.2) is 17.2 Å². The molecule has 17 heavy (non-hydrogen) atoms. The van der Waals surface area contributed by atoms with Crippen molar-refractivity contribution in [3.05, 3.63) is 34.4 Å². The summed E-state index contributed by atoms with van der Waals surface area (Å²) in [6.07, 6.45) is 1.43. The second-order valence-electron chi connectivity index (χ2n) is 3.94. The fourth-order valence-electron chi connectivity index (χ4n) is 1.67. The first kappa shape index (κ1) is 12.9. The maximum atomic E-state index is 11.0. The van der Waals surface area contributed by atoms with Gasteiger partial charge in [-0.15, -0.1) is 0 Å². The number of hydrogen-bond acceptors (Lipinski definition) is 3. The minimum absolute atomic E-state index is 0.177. The van der Waals surface area contributed by atoms with Crippen molar-refractivity contribution in [1.82, 2.24) is 5.43 Å². The average Bonchev–Trinajstić information content (AvgIpc) is 2.22. The minimum Gasteiger partial charge on any atom is -0.272 e. The van der Waals surface area contributed by atoms with Crippen molar-refractivity contribution in [3.8, 4) is 6.07 Å². The molecule has 0 fully saturated rings. The van der Waals surface area contributed by atoms with Gasteiger partial charge in [0.1, 0.15) is 6.42 Å². The molecule has 4 nitrogen and oxygen atoms in total. The molecule has 4 heteroatoms. The van der Waals surface area contributed by atoms with Gasteiger partial charge in [-0.1, -0.05) is 17.7 Å². The molecule has 0 unspecified atom stereocenters. The molecule has 0 aromatic heterocycles. The van der Waals surface area contributed by atoms with Crippen LogP contribution >= 0.6 is 0 Å². The Morgan fingerprint density at radius 1 is 1.41 bits per heavy atom. The van der Waals surface area contributed by atoms with Crippen LogP contribution in [0, 0.1) is 32.1 Å². The molecule has 0 atom stereocenters. The third-order valence-electron chi connectivity index (χ3n) is 2.36. The summed E-state index contributed by atoms with van der Waals surface area (Å²) in [7, 11) is 0. The van der Waals surface area contributed by atoms with Crippen molar-refractivity contribution < 1.29 is 4.79 Å². The summed E-state index contributed by atoms with van der Waals surface area (Å²) >= 11 is 0. The highest BCUT2D eigenvalue weighted by Crippen LogP contribution is 2.13. The van der Waals surface area contributed by atoms with Crippen LogP contribution in [0.5, 0.6) is 0 Å². The summed E-state index contributed by atoms with van der Waals surface area (Å²) in [6, 6.07) is 5.88. The fourth-order valence-corrected chi connectivity index (χ4v) is 1.67. The Kier molecular flexibility index (Phi) is 4.41. The highest BCUT2D eigenvalue weighted by atomic mass is 16.2. The largest absolute Gasteiger partial charge is 0.272 e.